The number of amides is 1. The average molecular weight is 359 g/mol. The van der Waals surface area contributed by atoms with Gasteiger partial charge in [0.15, 0.2) is 0 Å². The molecule has 0 radical (unpaired) electrons. The molecule has 2 aromatic rings. The van der Waals surface area contributed by atoms with Gasteiger partial charge in [0.1, 0.15) is 12.2 Å². The minimum Gasteiger partial charge on any atom is -0.458 e. The minimum absolute atomic E-state index is 0.0587. The van der Waals surface area contributed by atoms with Crippen molar-refractivity contribution >= 4 is 22.9 Å². The number of hydrogen-bond donors (Lipinski definition) is 0. The predicted molar refractivity (Wildman–Crippen MR) is 101 cm³/mol. The molecule has 1 amide bonds. The number of nitrogens with zero attached hydrogens (tertiary/aromatic N) is 3. The molecule has 0 spiro atoms. The van der Waals surface area contributed by atoms with Crippen molar-refractivity contribution in [3.63, 3.8) is 0 Å². The first-order chi connectivity index (χ1) is 12.3. The van der Waals surface area contributed by atoms with Gasteiger partial charge < -0.3 is 18.8 Å². The van der Waals surface area contributed by atoms with E-state index in [4.69, 9.17) is 4.74 Å². The van der Waals surface area contributed by atoms with Gasteiger partial charge in [-0.15, -0.1) is 0 Å². The monoisotopic (exact) mass is 359 g/mol. The Morgan fingerprint density at radius 3 is 2.46 bits per heavy atom. The van der Waals surface area contributed by atoms with Crippen LogP contribution in [0.1, 0.15) is 44.6 Å². The maximum atomic E-state index is 13.0. The highest BCUT2D eigenvalue weighted by molar-refractivity contribution is 5.96. The summed E-state index contributed by atoms with van der Waals surface area (Å²) in [6.45, 7) is 9.76. The van der Waals surface area contributed by atoms with Crippen LogP contribution in [0.25, 0.3) is 11.0 Å². The number of rotatable bonds is 4. The number of fused-ring (bicyclic) bond motifs is 1. The number of aromatic nitrogens is 2. The van der Waals surface area contributed by atoms with E-state index in [0.717, 1.165) is 30.5 Å². The van der Waals surface area contributed by atoms with Crippen molar-refractivity contribution in [2.24, 2.45) is 18.9 Å². The number of ether oxygens (including phenoxy) is 1. The Hall–Kier alpha value is -2.24. The molecule has 1 saturated heterocycles. The van der Waals surface area contributed by atoms with Crippen molar-refractivity contribution in [1.29, 1.82) is 0 Å². The van der Waals surface area contributed by atoms with E-state index in [9.17, 15) is 9.59 Å². The zero-order valence-electron chi connectivity index (χ0n) is 16.4. The van der Waals surface area contributed by atoms with Crippen LogP contribution in [0.15, 0.2) is 18.3 Å². The van der Waals surface area contributed by atoms with Gasteiger partial charge in [0.05, 0.1) is 17.1 Å². The summed E-state index contributed by atoms with van der Waals surface area (Å²) >= 11 is 0. The van der Waals surface area contributed by atoms with Crippen LogP contribution in [0.3, 0.4) is 0 Å². The molecule has 26 heavy (non-hydrogen) atoms. The molecule has 0 aliphatic carbocycles. The number of aryl methyl sites for hydroxylation is 1. The molecule has 0 saturated carbocycles. The third-order valence-electron chi connectivity index (χ3n) is 5.02. The molecule has 2 atom stereocenters. The van der Waals surface area contributed by atoms with Gasteiger partial charge in [0.25, 0.3) is 0 Å². The number of carbonyl (C=O) groups is 2. The predicted octanol–water partition coefficient (Wildman–Crippen LogP) is 3.05. The maximum Gasteiger partial charge on any atom is 0.355 e. The number of likely N-dealkylation sites (tertiary alicyclic amines) is 1. The molecule has 0 aromatic carbocycles. The fraction of sp³-hybridized carbons (Fsp3) is 0.600. The summed E-state index contributed by atoms with van der Waals surface area (Å²) in [6, 6.07) is 3.75. The maximum absolute atomic E-state index is 13.0. The van der Waals surface area contributed by atoms with Crippen LogP contribution >= 0.6 is 0 Å². The molecule has 6 heteroatoms. The largest absolute Gasteiger partial charge is 0.458 e. The Labute approximate surface area is 154 Å². The highest BCUT2D eigenvalue weighted by atomic mass is 16.5. The molecule has 3 rings (SSSR count). The van der Waals surface area contributed by atoms with Gasteiger partial charge >= 0.3 is 5.97 Å². The topological polar surface area (TPSA) is 56.5 Å². The molecular formula is C20H29N3O3. The average Bonchev–Trinajstić information content (AvgIpc) is 3.07. The van der Waals surface area contributed by atoms with Crippen LogP contribution in [-0.2, 0) is 23.1 Å². The minimum atomic E-state index is -0.385. The molecule has 2 unspecified atom stereocenters. The molecular weight excluding hydrogens is 330 g/mol. The summed E-state index contributed by atoms with van der Waals surface area (Å²) in [5, 5.41) is 0. The van der Waals surface area contributed by atoms with Gasteiger partial charge in [-0.25, -0.2) is 4.79 Å². The highest BCUT2D eigenvalue weighted by Gasteiger charge is 2.27. The lowest BCUT2D eigenvalue weighted by molar-refractivity contribution is -0.134. The van der Waals surface area contributed by atoms with Gasteiger partial charge in [-0.3, -0.25) is 4.79 Å². The first kappa shape index (κ1) is 18.5. The van der Waals surface area contributed by atoms with E-state index in [2.05, 4.69) is 13.8 Å². The summed E-state index contributed by atoms with van der Waals surface area (Å²) in [4.78, 5) is 27.4. The molecule has 1 fully saturated rings. The number of carbonyl (C=O) groups excluding carboxylic acids is 2. The van der Waals surface area contributed by atoms with Gasteiger partial charge in [-0.1, -0.05) is 13.8 Å². The number of hydrogen-bond acceptors (Lipinski definition) is 3. The third-order valence-corrected chi connectivity index (χ3v) is 5.02. The molecule has 0 bridgehead atoms. The van der Waals surface area contributed by atoms with E-state index >= 15 is 0 Å². The Morgan fingerprint density at radius 2 is 1.85 bits per heavy atom. The van der Waals surface area contributed by atoms with Crippen molar-refractivity contribution < 1.29 is 14.3 Å². The zero-order valence-corrected chi connectivity index (χ0v) is 16.4. The van der Waals surface area contributed by atoms with Crippen molar-refractivity contribution in [3.8, 4) is 0 Å². The second-order valence-electron chi connectivity index (χ2n) is 8.01. The lowest BCUT2D eigenvalue weighted by atomic mass is 9.92. The van der Waals surface area contributed by atoms with E-state index < -0.39 is 0 Å². The van der Waals surface area contributed by atoms with Gasteiger partial charge in [0, 0.05) is 26.3 Å². The van der Waals surface area contributed by atoms with Gasteiger partial charge in [0.2, 0.25) is 5.91 Å². The Bertz CT molecular complexity index is 808. The van der Waals surface area contributed by atoms with Crippen molar-refractivity contribution in [2.45, 2.75) is 46.8 Å². The van der Waals surface area contributed by atoms with Crippen LogP contribution in [-0.4, -0.2) is 45.1 Å². The second-order valence-corrected chi connectivity index (χ2v) is 8.01. The van der Waals surface area contributed by atoms with E-state index in [-0.39, 0.29) is 24.5 Å². The van der Waals surface area contributed by atoms with Crippen molar-refractivity contribution in [1.82, 2.24) is 14.0 Å². The van der Waals surface area contributed by atoms with Gasteiger partial charge in [-0.05, 0) is 44.2 Å². The lowest BCUT2D eigenvalue weighted by Crippen LogP contribution is -2.44. The number of piperidine rings is 1. The van der Waals surface area contributed by atoms with E-state index in [1.54, 1.807) is 4.57 Å². The van der Waals surface area contributed by atoms with Crippen LogP contribution in [0.4, 0.5) is 0 Å². The summed E-state index contributed by atoms with van der Waals surface area (Å²) in [5.74, 6) is 0.691. The fourth-order valence-electron chi connectivity index (χ4n) is 3.99. The first-order valence-electron chi connectivity index (χ1n) is 9.39. The SMILES string of the molecule is CC1CC(C)CN(C(=O)Cn2c(C(=O)OC(C)C)cc3c2ccn3C)C1. The number of esters is 1. The lowest BCUT2D eigenvalue weighted by Gasteiger charge is -2.35. The first-order valence-corrected chi connectivity index (χ1v) is 9.39. The highest BCUT2D eigenvalue weighted by Crippen LogP contribution is 2.24. The van der Waals surface area contributed by atoms with E-state index in [1.165, 1.54) is 0 Å². The van der Waals surface area contributed by atoms with Crippen molar-refractivity contribution in [2.75, 3.05) is 13.1 Å². The molecule has 1 aliphatic heterocycles. The third kappa shape index (κ3) is 3.64. The molecule has 142 valence electrons. The molecule has 3 heterocycles. The van der Waals surface area contributed by atoms with Crippen LogP contribution < -0.4 is 0 Å². The molecule has 2 aromatic heterocycles. The van der Waals surface area contributed by atoms with Crippen molar-refractivity contribution in [3.05, 3.63) is 24.0 Å². The zero-order chi connectivity index (χ0) is 19.0. The molecule has 1 aliphatic rings. The summed E-state index contributed by atoms with van der Waals surface area (Å²) in [5.41, 5.74) is 2.25. The fourth-order valence-corrected chi connectivity index (χ4v) is 3.99. The second kappa shape index (κ2) is 7.17. The Morgan fingerprint density at radius 1 is 1.19 bits per heavy atom. The quantitative estimate of drug-likeness (QED) is 0.789. The normalized spacial score (nSPS) is 20.8. The molecule has 6 nitrogen and oxygen atoms in total. The summed E-state index contributed by atoms with van der Waals surface area (Å²) < 4.78 is 9.13. The van der Waals surface area contributed by atoms with E-state index in [0.29, 0.717) is 17.5 Å². The Balaban J connectivity index is 1.90. The Kier molecular flexibility index (Phi) is 5.12. The van der Waals surface area contributed by atoms with Crippen LogP contribution in [0, 0.1) is 11.8 Å². The van der Waals surface area contributed by atoms with Crippen LogP contribution in [0.5, 0.6) is 0 Å². The summed E-state index contributed by atoms with van der Waals surface area (Å²) in [6.07, 6.45) is 2.89. The van der Waals surface area contributed by atoms with Crippen LogP contribution in [0.2, 0.25) is 0 Å². The standard InChI is InChI=1S/C20H29N3O3/c1-13(2)26-20(25)18-9-17-16(6-7-21(17)5)23(18)12-19(24)22-10-14(3)8-15(4)11-22/h6-7,9,13-15H,8,10-12H2,1-5H3. The smallest absolute Gasteiger partial charge is 0.355 e. The summed E-state index contributed by atoms with van der Waals surface area (Å²) in [7, 11) is 1.93. The van der Waals surface area contributed by atoms with E-state index in [1.807, 2.05) is 48.7 Å². The van der Waals surface area contributed by atoms with Gasteiger partial charge in [-0.2, -0.15) is 0 Å². The molecule has 0 N–H and O–H groups in total.